The molecule has 0 aliphatic rings. The summed E-state index contributed by atoms with van der Waals surface area (Å²) >= 11 is 0. The summed E-state index contributed by atoms with van der Waals surface area (Å²) in [6.07, 6.45) is 1.41. The van der Waals surface area contributed by atoms with Gasteiger partial charge in [0.1, 0.15) is 5.75 Å². The standard InChI is InChI=1S/C17H14N4O4/c1-20-16(11-5-3-2-4-6-11)13(10-18-20)17(23)19-14-9-12(21(24)25)7-8-15(14)22/h2-10,22H,1H3,(H,19,23). The van der Waals surface area contributed by atoms with Gasteiger partial charge in [0, 0.05) is 24.7 Å². The second kappa shape index (κ2) is 6.44. The van der Waals surface area contributed by atoms with Crippen LogP contribution in [0.15, 0.2) is 54.7 Å². The van der Waals surface area contributed by atoms with Crippen LogP contribution in [0.4, 0.5) is 11.4 Å². The minimum Gasteiger partial charge on any atom is -0.506 e. The number of carbonyl (C=O) groups is 1. The Morgan fingerprint density at radius 1 is 1.24 bits per heavy atom. The van der Waals surface area contributed by atoms with Crippen molar-refractivity contribution in [2.24, 2.45) is 7.05 Å². The molecule has 0 atom stereocenters. The van der Waals surface area contributed by atoms with Gasteiger partial charge in [-0.25, -0.2) is 0 Å². The van der Waals surface area contributed by atoms with E-state index in [2.05, 4.69) is 10.4 Å². The van der Waals surface area contributed by atoms with E-state index in [9.17, 15) is 20.0 Å². The summed E-state index contributed by atoms with van der Waals surface area (Å²) in [5.41, 5.74) is 1.42. The monoisotopic (exact) mass is 338 g/mol. The van der Waals surface area contributed by atoms with Gasteiger partial charge in [-0.3, -0.25) is 19.6 Å². The summed E-state index contributed by atoms with van der Waals surface area (Å²) in [4.78, 5) is 22.9. The van der Waals surface area contributed by atoms with Gasteiger partial charge < -0.3 is 10.4 Å². The molecule has 8 nitrogen and oxygen atoms in total. The Morgan fingerprint density at radius 2 is 1.96 bits per heavy atom. The van der Waals surface area contributed by atoms with Crippen LogP contribution in [-0.4, -0.2) is 25.7 Å². The maximum absolute atomic E-state index is 12.6. The van der Waals surface area contributed by atoms with Crippen LogP contribution in [0.3, 0.4) is 0 Å². The predicted octanol–water partition coefficient (Wildman–Crippen LogP) is 2.95. The van der Waals surface area contributed by atoms with Crippen molar-refractivity contribution in [3.05, 3.63) is 70.4 Å². The Labute approximate surface area is 142 Å². The van der Waals surface area contributed by atoms with E-state index in [1.165, 1.54) is 6.20 Å². The first-order chi connectivity index (χ1) is 12.0. The number of nitrogens with one attached hydrogen (secondary N) is 1. The summed E-state index contributed by atoms with van der Waals surface area (Å²) in [5, 5.41) is 27.3. The first kappa shape index (κ1) is 16.2. The molecule has 1 heterocycles. The zero-order valence-corrected chi connectivity index (χ0v) is 13.2. The molecule has 126 valence electrons. The molecule has 2 aromatic carbocycles. The van der Waals surface area contributed by atoms with E-state index in [1.807, 2.05) is 30.3 Å². The molecular weight excluding hydrogens is 324 g/mol. The number of nitro groups is 1. The number of non-ortho nitro benzene ring substituents is 1. The molecule has 3 aromatic rings. The molecule has 0 aliphatic carbocycles. The molecule has 2 N–H and O–H groups in total. The van der Waals surface area contributed by atoms with Crippen LogP contribution in [0.5, 0.6) is 5.75 Å². The van der Waals surface area contributed by atoms with Crippen molar-refractivity contribution in [1.29, 1.82) is 0 Å². The SMILES string of the molecule is Cn1ncc(C(=O)Nc2cc([N+](=O)[O-])ccc2O)c1-c1ccccc1. The molecule has 0 saturated heterocycles. The smallest absolute Gasteiger partial charge is 0.271 e. The van der Waals surface area contributed by atoms with Crippen molar-refractivity contribution in [2.45, 2.75) is 0 Å². The Morgan fingerprint density at radius 3 is 2.64 bits per heavy atom. The summed E-state index contributed by atoms with van der Waals surface area (Å²) in [6.45, 7) is 0. The second-order valence-corrected chi connectivity index (χ2v) is 5.31. The highest BCUT2D eigenvalue weighted by Gasteiger charge is 2.19. The normalized spacial score (nSPS) is 10.4. The summed E-state index contributed by atoms with van der Waals surface area (Å²) in [6, 6.07) is 12.7. The molecule has 0 bridgehead atoms. The number of aromatic nitrogens is 2. The van der Waals surface area contributed by atoms with Crippen molar-refractivity contribution in [2.75, 3.05) is 5.32 Å². The van der Waals surface area contributed by atoms with Gasteiger partial charge in [-0.05, 0) is 6.07 Å². The minimum absolute atomic E-state index is 0.0398. The minimum atomic E-state index is -0.603. The Kier molecular flexibility index (Phi) is 4.17. The first-order valence-electron chi connectivity index (χ1n) is 7.33. The highest BCUT2D eigenvalue weighted by atomic mass is 16.6. The number of carbonyl (C=O) groups excluding carboxylic acids is 1. The average Bonchev–Trinajstić information content (AvgIpc) is 2.99. The lowest BCUT2D eigenvalue weighted by atomic mass is 10.1. The zero-order valence-electron chi connectivity index (χ0n) is 13.2. The number of hydrogen-bond donors (Lipinski definition) is 2. The van der Waals surface area contributed by atoms with E-state index in [0.717, 1.165) is 23.8 Å². The Hall–Kier alpha value is -3.68. The third kappa shape index (κ3) is 3.18. The number of phenols is 1. The fraction of sp³-hybridized carbons (Fsp3) is 0.0588. The second-order valence-electron chi connectivity index (χ2n) is 5.31. The molecule has 8 heteroatoms. The fourth-order valence-corrected chi connectivity index (χ4v) is 2.47. The van der Waals surface area contributed by atoms with Gasteiger partial charge >= 0.3 is 0 Å². The van der Waals surface area contributed by atoms with Gasteiger partial charge in [-0.2, -0.15) is 5.10 Å². The number of rotatable bonds is 4. The molecule has 0 spiro atoms. The molecule has 3 rings (SSSR count). The summed E-state index contributed by atoms with van der Waals surface area (Å²) in [7, 11) is 1.71. The third-order valence-corrected chi connectivity index (χ3v) is 3.67. The quantitative estimate of drug-likeness (QED) is 0.432. The maximum Gasteiger partial charge on any atom is 0.271 e. The van der Waals surface area contributed by atoms with Crippen molar-refractivity contribution in [1.82, 2.24) is 9.78 Å². The van der Waals surface area contributed by atoms with Gasteiger partial charge in [0.05, 0.1) is 28.1 Å². The topological polar surface area (TPSA) is 110 Å². The van der Waals surface area contributed by atoms with Crippen molar-refractivity contribution >= 4 is 17.3 Å². The van der Waals surface area contributed by atoms with E-state index in [4.69, 9.17) is 0 Å². The van der Waals surface area contributed by atoms with Gasteiger partial charge in [0.25, 0.3) is 11.6 Å². The molecule has 0 aliphatic heterocycles. The zero-order chi connectivity index (χ0) is 18.0. The number of amides is 1. The molecule has 0 radical (unpaired) electrons. The van der Waals surface area contributed by atoms with E-state index >= 15 is 0 Å². The molecule has 0 saturated carbocycles. The third-order valence-electron chi connectivity index (χ3n) is 3.67. The Bertz CT molecular complexity index is 951. The van der Waals surface area contributed by atoms with Crippen molar-refractivity contribution in [3.63, 3.8) is 0 Å². The molecule has 1 amide bonds. The molecule has 1 aromatic heterocycles. The van der Waals surface area contributed by atoms with Crippen molar-refractivity contribution in [3.8, 4) is 17.0 Å². The largest absolute Gasteiger partial charge is 0.506 e. The number of nitrogens with zero attached hydrogens (tertiary/aromatic N) is 3. The Balaban J connectivity index is 1.96. The van der Waals surface area contributed by atoms with Gasteiger partial charge in [-0.1, -0.05) is 30.3 Å². The number of aryl methyl sites for hydroxylation is 1. The van der Waals surface area contributed by atoms with Crippen LogP contribution in [0.25, 0.3) is 11.3 Å². The van der Waals surface area contributed by atoms with Crippen LogP contribution in [0, 0.1) is 10.1 Å². The number of hydrogen-bond acceptors (Lipinski definition) is 5. The van der Waals surface area contributed by atoms with E-state index < -0.39 is 10.8 Å². The van der Waals surface area contributed by atoms with E-state index in [-0.39, 0.29) is 17.1 Å². The van der Waals surface area contributed by atoms with Crippen LogP contribution in [0.2, 0.25) is 0 Å². The molecular formula is C17H14N4O4. The van der Waals surface area contributed by atoms with Gasteiger partial charge in [0.2, 0.25) is 0 Å². The van der Waals surface area contributed by atoms with Crippen LogP contribution < -0.4 is 5.32 Å². The average molecular weight is 338 g/mol. The number of anilines is 1. The number of benzene rings is 2. The lowest BCUT2D eigenvalue weighted by Gasteiger charge is -2.09. The van der Waals surface area contributed by atoms with E-state index in [0.29, 0.717) is 11.3 Å². The van der Waals surface area contributed by atoms with Crippen LogP contribution >= 0.6 is 0 Å². The number of aromatic hydroxyl groups is 1. The molecule has 0 unspecified atom stereocenters. The van der Waals surface area contributed by atoms with E-state index in [1.54, 1.807) is 11.7 Å². The van der Waals surface area contributed by atoms with Crippen LogP contribution in [0.1, 0.15) is 10.4 Å². The van der Waals surface area contributed by atoms with Crippen LogP contribution in [-0.2, 0) is 7.05 Å². The van der Waals surface area contributed by atoms with Crippen molar-refractivity contribution < 1.29 is 14.8 Å². The maximum atomic E-state index is 12.6. The summed E-state index contributed by atoms with van der Waals surface area (Å²) in [5.74, 6) is -0.785. The number of nitro benzene ring substituents is 1. The van der Waals surface area contributed by atoms with Gasteiger partial charge in [0.15, 0.2) is 0 Å². The first-order valence-corrected chi connectivity index (χ1v) is 7.33. The summed E-state index contributed by atoms with van der Waals surface area (Å²) < 4.78 is 1.57. The lowest BCUT2D eigenvalue weighted by Crippen LogP contribution is -2.13. The molecule has 0 fully saturated rings. The number of phenolic OH excluding ortho intramolecular Hbond substituents is 1. The highest BCUT2D eigenvalue weighted by molar-refractivity contribution is 6.08. The van der Waals surface area contributed by atoms with Gasteiger partial charge in [-0.15, -0.1) is 0 Å². The highest BCUT2D eigenvalue weighted by Crippen LogP contribution is 2.29. The molecule has 25 heavy (non-hydrogen) atoms. The fourth-order valence-electron chi connectivity index (χ4n) is 2.47. The predicted molar refractivity (Wildman–Crippen MR) is 91.4 cm³/mol. The lowest BCUT2D eigenvalue weighted by molar-refractivity contribution is -0.384.